The van der Waals surface area contributed by atoms with E-state index in [4.69, 9.17) is 38.5 Å². The predicted octanol–water partition coefficient (Wildman–Crippen LogP) is -6.04. The molecule has 0 spiro atoms. The molecule has 0 aromatic heterocycles. The van der Waals surface area contributed by atoms with Crippen molar-refractivity contribution in [3.63, 3.8) is 0 Å². The molecule has 0 fully saturated rings. The third-order valence-corrected chi connectivity index (χ3v) is 0. The van der Waals surface area contributed by atoms with Crippen LogP contribution in [0.3, 0.4) is 0 Å². The van der Waals surface area contributed by atoms with Gasteiger partial charge in [-0.25, -0.2) is 0 Å². The molecule has 0 unspecified atom stereocenters. The summed E-state index contributed by atoms with van der Waals surface area (Å²) in [5.74, 6) is 0. The Morgan fingerprint density at radius 3 is 0.615 bits per heavy atom. The Labute approximate surface area is 140 Å². The van der Waals surface area contributed by atoms with E-state index in [1.165, 1.54) is 0 Å². The van der Waals surface area contributed by atoms with Crippen molar-refractivity contribution in [2.24, 2.45) is 0 Å². The fourth-order valence-electron chi connectivity index (χ4n) is 0. The molecule has 0 rings (SSSR count). The van der Waals surface area contributed by atoms with Gasteiger partial charge in [-0.2, -0.15) is 15.6 Å². The summed E-state index contributed by atoms with van der Waals surface area (Å²) in [5, 5.41) is 0. The van der Waals surface area contributed by atoms with Crippen LogP contribution in [0.15, 0.2) is 0 Å². The second-order valence-corrected chi connectivity index (χ2v) is 2.68. The summed E-state index contributed by atoms with van der Waals surface area (Å²) < 4.78 is 17.1. The molecule has 0 aliphatic heterocycles. The van der Waals surface area contributed by atoms with Crippen LogP contribution in [-0.4, -0.2) is 48.9 Å². The second kappa shape index (κ2) is 13.1. The third kappa shape index (κ3) is 277. The van der Waals surface area contributed by atoms with E-state index >= 15 is 0 Å². The van der Waals surface area contributed by atoms with Crippen LogP contribution < -0.4 is 29.4 Å². The molecule has 0 radical (unpaired) electrons. The second-order valence-electron chi connectivity index (χ2n) is 0.894. The predicted molar refractivity (Wildman–Crippen MR) is 21.0 cm³/mol. The average Bonchev–Trinajstić information content (AvgIpc) is 1.12. The molecule has 0 saturated carbocycles. The van der Waals surface area contributed by atoms with Gasteiger partial charge in [0.15, 0.2) is 0 Å². The molecule has 13 heteroatoms. The zero-order valence-corrected chi connectivity index (χ0v) is 18.4. The van der Waals surface area contributed by atoms with Gasteiger partial charge in [-0.15, -0.1) is 0 Å². The molecule has 0 aliphatic carbocycles. The summed E-state index contributed by atoms with van der Waals surface area (Å²) >= 11 is 0. The minimum absolute atomic E-state index is 0. The maximum atomic E-state index is 8.55. The smallest absolute Gasteiger partial charge is 0.822 e. The first-order valence-electron chi connectivity index (χ1n) is 1.46. The van der Waals surface area contributed by atoms with Crippen molar-refractivity contribution in [1.82, 2.24) is 0 Å². The van der Waals surface area contributed by atoms with E-state index in [0.29, 0.717) is 0 Å². The Morgan fingerprint density at radius 1 is 0.615 bits per heavy atom. The standard InChI is InChI=1S/Ba.2H3O4P.2Zn/c;2*1-5(2,3)4;;/h;2*(H3,1,2,3,4);;/q+2;;;2*+2/p-6. The zero-order chi connectivity index (χ0) is 9.00. The first kappa shape index (κ1) is 29.8. The van der Waals surface area contributed by atoms with Gasteiger partial charge in [-0.1, -0.05) is 0 Å². The molecule has 0 heterocycles. The van der Waals surface area contributed by atoms with Gasteiger partial charge in [-0.05, 0) is 0 Å². The molecule has 0 aliphatic rings. The van der Waals surface area contributed by atoms with Crippen LogP contribution in [0.2, 0.25) is 0 Å². The maximum absolute atomic E-state index is 8.55. The Hall–Kier alpha value is 3.04. The van der Waals surface area contributed by atoms with Crippen LogP contribution in [0.1, 0.15) is 0 Å². The van der Waals surface area contributed by atoms with E-state index in [1.54, 1.807) is 0 Å². The Balaban J connectivity index is -0.0000000267. The van der Waals surface area contributed by atoms with Gasteiger partial charge >= 0.3 is 87.8 Å². The minimum atomic E-state index is -5.39. The Kier molecular flexibility index (Phi) is 30.0. The minimum Gasteiger partial charge on any atom is -0.822 e. The zero-order valence-electron chi connectivity index (χ0n) is 6.28. The quantitative estimate of drug-likeness (QED) is 0.255. The van der Waals surface area contributed by atoms with E-state index in [-0.39, 0.29) is 87.8 Å². The summed E-state index contributed by atoms with van der Waals surface area (Å²) in [6.45, 7) is 0. The SMILES string of the molecule is O=P([O-])([O-])[O-].O=P([O-])([O-])[O-].[Ba+2].[Zn+2].[Zn+2]. The van der Waals surface area contributed by atoms with Gasteiger partial charge in [0, 0.05) is 0 Å². The van der Waals surface area contributed by atoms with Crippen molar-refractivity contribution in [1.29, 1.82) is 0 Å². The molecule has 0 N–H and O–H groups in total. The van der Waals surface area contributed by atoms with Crippen molar-refractivity contribution in [2.45, 2.75) is 0 Å². The summed E-state index contributed by atoms with van der Waals surface area (Å²) in [6.07, 6.45) is 0. The first-order valence-corrected chi connectivity index (χ1v) is 4.38. The molecule has 8 nitrogen and oxygen atoms in total. The van der Waals surface area contributed by atoms with Gasteiger partial charge < -0.3 is 38.5 Å². The topological polar surface area (TPSA) is 172 Å². The van der Waals surface area contributed by atoms with Crippen LogP contribution in [0.25, 0.3) is 0 Å². The van der Waals surface area contributed by atoms with Crippen molar-refractivity contribution < 1.29 is 77.4 Å². The fraction of sp³-hybridized carbons (Fsp3) is 0. The van der Waals surface area contributed by atoms with Crippen molar-refractivity contribution in [2.75, 3.05) is 0 Å². The molecule has 64 valence electrons. The molecule has 13 heavy (non-hydrogen) atoms. The van der Waals surface area contributed by atoms with Crippen LogP contribution in [0.4, 0.5) is 0 Å². The normalized spacial score (nSPS) is 9.08. The van der Waals surface area contributed by atoms with Gasteiger partial charge in [0.1, 0.15) is 0 Å². The summed E-state index contributed by atoms with van der Waals surface area (Å²) in [6, 6.07) is 0. The molecule has 0 saturated heterocycles. The van der Waals surface area contributed by atoms with E-state index in [2.05, 4.69) is 0 Å². The largest absolute Gasteiger partial charge is 2.00 e. The first-order chi connectivity index (χ1) is 4.00. The number of hydrogen-bond donors (Lipinski definition) is 0. The van der Waals surface area contributed by atoms with E-state index in [1.807, 2.05) is 0 Å². The summed E-state index contributed by atoms with van der Waals surface area (Å²) in [4.78, 5) is 51.3. The molecular weight excluding hydrogens is 458 g/mol. The van der Waals surface area contributed by atoms with E-state index in [9.17, 15) is 0 Å². The van der Waals surface area contributed by atoms with E-state index < -0.39 is 15.6 Å². The molecule has 0 aromatic rings. The van der Waals surface area contributed by atoms with Gasteiger partial charge in [0.2, 0.25) is 0 Å². The fourth-order valence-corrected chi connectivity index (χ4v) is 0. The van der Waals surface area contributed by atoms with Crippen LogP contribution in [0, 0.1) is 0 Å². The van der Waals surface area contributed by atoms with Gasteiger partial charge in [0.25, 0.3) is 0 Å². The van der Waals surface area contributed by atoms with Gasteiger partial charge in [-0.3, -0.25) is 0 Å². The number of hydrogen-bond acceptors (Lipinski definition) is 8. The molecule has 0 bridgehead atoms. The van der Waals surface area contributed by atoms with Crippen molar-refractivity contribution in [3.8, 4) is 0 Å². The van der Waals surface area contributed by atoms with Gasteiger partial charge in [0.05, 0.1) is 0 Å². The molecular formula is BaO8P2Zn2. The number of phosphoric acid groups is 2. The van der Waals surface area contributed by atoms with Crippen LogP contribution >= 0.6 is 15.6 Å². The monoisotopic (exact) mass is 456 g/mol. The average molecular weight is 458 g/mol. The molecule has 0 atom stereocenters. The van der Waals surface area contributed by atoms with Crippen molar-refractivity contribution >= 4 is 64.5 Å². The Bertz CT molecular complexity index is 132. The Morgan fingerprint density at radius 2 is 0.615 bits per heavy atom. The third-order valence-electron chi connectivity index (χ3n) is 0. The number of rotatable bonds is 0. The molecule has 0 amide bonds. The van der Waals surface area contributed by atoms with Crippen molar-refractivity contribution in [3.05, 3.63) is 0 Å². The van der Waals surface area contributed by atoms with E-state index in [0.717, 1.165) is 0 Å². The summed E-state index contributed by atoms with van der Waals surface area (Å²) in [7, 11) is -10.8. The van der Waals surface area contributed by atoms with Crippen LogP contribution in [-0.2, 0) is 48.1 Å². The maximum Gasteiger partial charge on any atom is 2.00 e. The van der Waals surface area contributed by atoms with Crippen LogP contribution in [0.5, 0.6) is 0 Å². The molecule has 0 aromatic carbocycles. The summed E-state index contributed by atoms with van der Waals surface area (Å²) in [5.41, 5.74) is 0.